The molecule has 7 nitrogen and oxygen atoms in total. The first-order valence-corrected chi connectivity index (χ1v) is 7.24. The zero-order valence-electron chi connectivity index (χ0n) is 11.5. The maximum Gasteiger partial charge on any atom is 0.289 e. The monoisotopic (exact) mass is 315 g/mol. The smallest absolute Gasteiger partial charge is 0.289 e. The van der Waals surface area contributed by atoms with E-state index in [1.807, 2.05) is 0 Å². The van der Waals surface area contributed by atoms with Crippen LogP contribution in [0.15, 0.2) is 12.3 Å². The first-order valence-electron chi connectivity index (χ1n) is 6.87. The third-order valence-corrected chi connectivity index (χ3v) is 3.92. The molecule has 1 aliphatic rings. The third kappa shape index (κ3) is 4.26. The molecule has 0 amide bonds. The lowest BCUT2D eigenvalue weighted by Crippen LogP contribution is -2.34. The standard InChI is InChI=1S/C13H18ClN3O4/c14-11-7-10(17(19)20)8-15-13(11)16-12(1-4-18)9-2-5-21-6-3-9/h7-9,12,18H,1-6H2,(H,15,16)/t12-/m0/s1. The van der Waals surface area contributed by atoms with E-state index in [9.17, 15) is 15.2 Å². The summed E-state index contributed by atoms with van der Waals surface area (Å²) in [6.07, 6.45) is 3.55. The van der Waals surface area contributed by atoms with Crippen molar-refractivity contribution in [2.24, 2.45) is 5.92 Å². The van der Waals surface area contributed by atoms with Crippen LogP contribution in [0.1, 0.15) is 19.3 Å². The summed E-state index contributed by atoms with van der Waals surface area (Å²) < 4.78 is 5.34. The van der Waals surface area contributed by atoms with E-state index in [0.717, 1.165) is 12.8 Å². The Kier molecular flexibility index (Phi) is 5.72. The average Bonchev–Trinajstić information content (AvgIpc) is 2.49. The molecule has 0 aliphatic carbocycles. The molecule has 116 valence electrons. The number of ether oxygens (including phenoxy) is 1. The molecule has 0 bridgehead atoms. The van der Waals surface area contributed by atoms with Gasteiger partial charge in [0.2, 0.25) is 0 Å². The van der Waals surface area contributed by atoms with Gasteiger partial charge in [-0.2, -0.15) is 0 Å². The summed E-state index contributed by atoms with van der Waals surface area (Å²) in [5, 5.41) is 23.3. The number of anilines is 1. The van der Waals surface area contributed by atoms with Crippen molar-refractivity contribution in [3.05, 3.63) is 27.4 Å². The van der Waals surface area contributed by atoms with Crippen LogP contribution in [0.2, 0.25) is 5.02 Å². The summed E-state index contributed by atoms with van der Waals surface area (Å²) in [4.78, 5) is 14.2. The van der Waals surface area contributed by atoms with Gasteiger partial charge in [-0.25, -0.2) is 4.98 Å². The second-order valence-electron chi connectivity index (χ2n) is 4.99. The van der Waals surface area contributed by atoms with Gasteiger partial charge in [0.1, 0.15) is 12.0 Å². The highest BCUT2D eigenvalue weighted by atomic mass is 35.5. The van der Waals surface area contributed by atoms with Crippen molar-refractivity contribution in [1.82, 2.24) is 4.98 Å². The number of pyridine rings is 1. The van der Waals surface area contributed by atoms with Gasteiger partial charge in [-0.15, -0.1) is 0 Å². The van der Waals surface area contributed by atoms with Crippen LogP contribution in [-0.2, 0) is 4.74 Å². The SMILES string of the molecule is O=[N+]([O-])c1cnc(N[C@@H](CCO)C2CCOCC2)c(Cl)c1. The fourth-order valence-corrected chi connectivity index (χ4v) is 2.71. The molecule has 1 aromatic rings. The van der Waals surface area contributed by atoms with Crippen molar-refractivity contribution in [1.29, 1.82) is 0 Å². The van der Waals surface area contributed by atoms with Gasteiger partial charge in [-0.05, 0) is 25.2 Å². The minimum Gasteiger partial charge on any atom is -0.396 e. The maximum absolute atomic E-state index is 10.7. The van der Waals surface area contributed by atoms with Crippen molar-refractivity contribution in [3.8, 4) is 0 Å². The third-order valence-electron chi connectivity index (χ3n) is 3.63. The van der Waals surface area contributed by atoms with E-state index < -0.39 is 4.92 Å². The van der Waals surface area contributed by atoms with E-state index in [1.54, 1.807) is 0 Å². The highest BCUT2D eigenvalue weighted by Gasteiger charge is 2.25. The second-order valence-corrected chi connectivity index (χ2v) is 5.40. The highest BCUT2D eigenvalue weighted by Crippen LogP contribution is 2.28. The first kappa shape index (κ1) is 15.9. The number of aliphatic hydroxyl groups is 1. The highest BCUT2D eigenvalue weighted by molar-refractivity contribution is 6.33. The summed E-state index contributed by atoms with van der Waals surface area (Å²) in [5.41, 5.74) is -0.143. The quantitative estimate of drug-likeness (QED) is 0.617. The Morgan fingerprint density at radius 3 is 2.86 bits per heavy atom. The number of nitrogens with one attached hydrogen (secondary N) is 1. The van der Waals surface area contributed by atoms with E-state index in [-0.39, 0.29) is 23.4 Å². The molecule has 0 radical (unpaired) electrons. The van der Waals surface area contributed by atoms with E-state index >= 15 is 0 Å². The molecule has 1 aromatic heterocycles. The van der Waals surface area contributed by atoms with E-state index in [0.29, 0.717) is 31.4 Å². The Labute approximate surface area is 127 Å². The van der Waals surface area contributed by atoms with Crippen LogP contribution in [0.4, 0.5) is 11.5 Å². The molecule has 0 saturated carbocycles. The van der Waals surface area contributed by atoms with Crippen molar-refractivity contribution in [2.75, 3.05) is 25.1 Å². The van der Waals surface area contributed by atoms with Gasteiger partial charge < -0.3 is 15.2 Å². The number of hydrogen-bond donors (Lipinski definition) is 2. The Morgan fingerprint density at radius 1 is 1.57 bits per heavy atom. The van der Waals surface area contributed by atoms with Crippen LogP contribution in [0, 0.1) is 16.0 Å². The van der Waals surface area contributed by atoms with Crippen LogP contribution in [-0.4, -0.2) is 40.9 Å². The molecule has 2 heterocycles. The lowest BCUT2D eigenvalue weighted by atomic mass is 9.90. The zero-order valence-corrected chi connectivity index (χ0v) is 12.3. The Bertz CT molecular complexity index is 494. The van der Waals surface area contributed by atoms with Crippen LogP contribution in [0.25, 0.3) is 0 Å². The van der Waals surface area contributed by atoms with Gasteiger partial charge in [0, 0.05) is 31.9 Å². The van der Waals surface area contributed by atoms with Gasteiger partial charge in [0.25, 0.3) is 5.69 Å². The van der Waals surface area contributed by atoms with E-state index in [2.05, 4.69) is 10.3 Å². The molecule has 1 saturated heterocycles. The number of hydrogen-bond acceptors (Lipinski definition) is 6. The van der Waals surface area contributed by atoms with Gasteiger partial charge in [0.15, 0.2) is 0 Å². The molecule has 0 spiro atoms. The molecule has 0 unspecified atom stereocenters. The minimum atomic E-state index is -0.535. The summed E-state index contributed by atoms with van der Waals surface area (Å²) in [5.74, 6) is 0.770. The first-order chi connectivity index (χ1) is 10.1. The molecule has 0 aromatic carbocycles. The molecule has 8 heteroatoms. The number of aliphatic hydroxyl groups excluding tert-OH is 1. The fourth-order valence-electron chi connectivity index (χ4n) is 2.49. The van der Waals surface area contributed by atoms with E-state index in [4.69, 9.17) is 16.3 Å². The minimum absolute atomic E-state index is 0.0188. The second kappa shape index (κ2) is 7.53. The predicted octanol–water partition coefficient (Wildman–Crippen LogP) is 2.23. The number of nitrogens with zero attached hydrogens (tertiary/aromatic N) is 2. The zero-order chi connectivity index (χ0) is 15.2. The predicted molar refractivity (Wildman–Crippen MR) is 78.6 cm³/mol. The Balaban J connectivity index is 2.10. The van der Waals surface area contributed by atoms with E-state index in [1.165, 1.54) is 12.3 Å². The van der Waals surface area contributed by atoms with Gasteiger partial charge in [-0.3, -0.25) is 10.1 Å². The lowest BCUT2D eigenvalue weighted by molar-refractivity contribution is -0.385. The average molecular weight is 316 g/mol. The number of nitro groups is 1. The summed E-state index contributed by atoms with van der Waals surface area (Å²) >= 11 is 6.04. The Hall–Kier alpha value is -1.44. The molecule has 1 atom stereocenters. The summed E-state index contributed by atoms with van der Waals surface area (Å²) in [6, 6.07) is 1.29. The normalized spacial score (nSPS) is 17.4. The Morgan fingerprint density at radius 2 is 2.29 bits per heavy atom. The number of halogens is 1. The van der Waals surface area contributed by atoms with Crippen molar-refractivity contribution < 1.29 is 14.8 Å². The summed E-state index contributed by atoms with van der Waals surface area (Å²) in [7, 11) is 0. The van der Waals surface area contributed by atoms with Crippen molar-refractivity contribution in [2.45, 2.75) is 25.3 Å². The van der Waals surface area contributed by atoms with Crippen LogP contribution >= 0.6 is 11.6 Å². The lowest BCUT2D eigenvalue weighted by Gasteiger charge is -2.31. The summed E-state index contributed by atoms with van der Waals surface area (Å²) in [6.45, 7) is 1.46. The molecule has 21 heavy (non-hydrogen) atoms. The van der Waals surface area contributed by atoms with Crippen LogP contribution < -0.4 is 5.32 Å². The topological polar surface area (TPSA) is 97.5 Å². The van der Waals surface area contributed by atoms with Gasteiger partial charge >= 0.3 is 0 Å². The number of aromatic nitrogens is 1. The largest absolute Gasteiger partial charge is 0.396 e. The van der Waals surface area contributed by atoms with Gasteiger partial charge in [-0.1, -0.05) is 11.6 Å². The molecule has 1 fully saturated rings. The molecule has 2 rings (SSSR count). The molecule has 1 aliphatic heterocycles. The van der Waals surface area contributed by atoms with Crippen molar-refractivity contribution in [3.63, 3.8) is 0 Å². The molecule has 2 N–H and O–H groups in total. The fraction of sp³-hybridized carbons (Fsp3) is 0.615. The van der Waals surface area contributed by atoms with Crippen LogP contribution in [0.3, 0.4) is 0 Å². The number of rotatable bonds is 6. The van der Waals surface area contributed by atoms with Gasteiger partial charge in [0.05, 0.1) is 9.95 Å². The van der Waals surface area contributed by atoms with Crippen LogP contribution in [0.5, 0.6) is 0 Å². The molecular formula is C13H18ClN3O4. The molecular weight excluding hydrogens is 298 g/mol. The maximum atomic E-state index is 10.7. The van der Waals surface area contributed by atoms with Crippen molar-refractivity contribution >= 4 is 23.1 Å².